The highest BCUT2D eigenvalue weighted by Gasteiger charge is 2.59. The number of nitrogens with zero attached hydrogens (tertiary/aromatic N) is 2. The van der Waals surface area contributed by atoms with Gasteiger partial charge >= 0.3 is 0 Å². The Morgan fingerprint density at radius 2 is 1.89 bits per heavy atom. The maximum absolute atomic E-state index is 13.8. The third-order valence-electron chi connectivity index (χ3n) is 7.32. The number of benzene rings is 1. The number of carbonyl (C=O) groups is 1. The zero-order chi connectivity index (χ0) is 19.3. The van der Waals surface area contributed by atoms with Gasteiger partial charge < -0.3 is 5.32 Å². The average molecular weight is 374 g/mol. The molecule has 0 saturated heterocycles. The van der Waals surface area contributed by atoms with E-state index in [0.29, 0.717) is 17.8 Å². The van der Waals surface area contributed by atoms with E-state index in [-0.39, 0.29) is 11.8 Å². The molecule has 4 unspecified atom stereocenters. The van der Waals surface area contributed by atoms with Crippen molar-refractivity contribution in [2.45, 2.75) is 45.1 Å². The van der Waals surface area contributed by atoms with Crippen LogP contribution >= 0.6 is 0 Å². The van der Waals surface area contributed by atoms with E-state index in [2.05, 4.69) is 65.9 Å². The molecule has 28 heavy (non-hydrogen) atoms. The largest absolute Gasteiger partial charge is 0.310 e. The molecule has 4 nitrogen and oxygen atoms in total. The maximum atomic E-state index is 13.8. The number of anilines is 1. The van der Waals surface area contributed by atoms with E-state index in [1.807, 2.05) is 17.7 Å². The summed E-state index contributed by atoms with van der Waals surface area (Å²) in [6.07, 6.45) is 12.6. The lowest BCUT2D eigenvalue weighted by molar-refractivity contribution is -0.132. The minimum absolute atomic E-state index is 0.149. The van der Waals surface area contributed by atoms with E-state index >= 15 is 0 Å². The number of fused-ring (bicyclic) bond motifs is 1. The summed E-state index contributed by atoms with van der Waals surface area (Å²) in [5, 5.41) is 7.55. The van der Waals surface area contributed by atoms with Crippen LogP contribution in [0.5, 0.6) is 0 Å². The zero-order valence-electron chi connectivity index (χ0n) is 16.5. The Balaban J connectivity index is 1.60. The molecule has 2 bridgehead atoms. The molecule has 1 N–H and O–H groups in total. The van der Waals surface area contributed by atoms with E-state index < -0.39 is 5.41 Å². The third kappa shape index (κ3) is 2.30. The summed E-state index contributed by atoms with van der Waals surface area (Å²) in [4.78, 5) is 13.8. The first-order valence-electron chi connectivity index (χ1n) is 10.5. The summed E-state index contributed by atoms with van der Waals surface area (Å²) in [6.45, 7) is 4.97. The lowest BCUT2D eigenvalue weighted by Gasteiger charge is -2.58. The van der Waals surface area contributed by atoms with E-state index in [1.54, 1.807) is 6.20 Å². The number of aryl methyl sites for hydroxylation is 1. The van der Waals surface area contributed by atoms with E-state index in [4.69, 9.17) is 0 Å². The molecule has 0 aliphatic heterocycles. The lowest BCUT2D eigenvalue weighted by Crippen LogP contribution is -2.54. The average Bonchev–Trinajstić information content (AvgIpc) is 3.20. The molecule has 4 aliphatic rings. The second-order valence-electron chi connectivity index (χ2n) is 8.34. The van der Waals surface area contributed by atoms with Gasteiger partial charge in [-0.25, -0.2) is 4.68 Å². The van der Waals surface area contributed by atoms with Crippen molar-refractivity contribution in [2.75, 3.05) is 5.32 Å². The molecule has 1 aromatic carbocycles. The highest BCUT2D eigenvalue weighted by molar-refractivity contribution is 5.96. The third-order valence-corrected chi connectivity index (χ3v) is 7.32. The molecule has 1 fully saturated rings. The van der Waals surface area contributed by atoms with Crippen molar-refractivity contribution in [3.8, 4) is 0 Å². The summed E-state index contributed by atoms with van der Waals surface area (Å²) < 4.78 is 1.85. The van der Waals surface area contributed by atoms with Gasteiger partial charge in [0.25, 0.3) is 0 Å². The highest BCUT2D eigenvalue weighted by atomic mass is 16.2. The Morgan fingerprint density at radius 1 is 1.14 bits per heavy atom. The molecule has 1 saturated carbocycles. The fraction of sp³-hybridized carbons (Fsp3) is 0.417. The summed E-state index contributed by atoms with van der Waals surface area (Å²) in [6, 6.07) is 10.7. The van der Waals surface area contributed by atoms with Crippen molar-refractivity contribution in [2.24, 2.45) is 17.3 Å². The summed E-state index contributed by atoms with van der Waals surface area (Å²) >= 11 is 0. The summed E-state index contributed by atoms with van der Waals surface area (Å²) in [5.74, 6) is 2.44. The van der Waals surface area contributed by atoms with Crippen molar-refractivity contribution < 1.29 is 4.79 Å². The van der Waals surface area contributed by atoms with Crippen LogP contribution in [0.4, 0.5) is 5.82 Å². The fourth-order valence-electron chi connectivity index (χ4n) is 6.05. The van der Waals surface area contributed by atoms with Crippen molar-refractivity contribution >= 4 is 11.7 Å². The topological polar surface area (TPSA) is 46.9 Å². The second-order valence-corrected chi connectivity index (χ2v) is 8.34. The number of nitrogens with one attached hydrogen (secondary N) is 1. The Bertz CT molecular complexity index is 972. The van der Waals surface area contributed by atoms with Crippen molar-refractivity contribution in [3.05, 3.63) is 72.0 Å². The van der Waals surface area contributed by atoms with Gasteiger partial charge in [-0.3, -0.25) is 4.79 Å². The molecule has 144 valence electrons. The van der Waals surface area contributed by atoms with E-state index in [0.717, 1.165) is 25.2 Å². The minimum Gasteiger partial charge on any atom is -0.310 e. The minimum atomic E-state index is -0.390. The van der Waals surface area contributed by atoms with Gasteiger partial charge in [0, 0.05) is 18.5 Å². The van der Waals surface area contributed by atoms with Gasteiger partial charge in [-0.15, -0.1) is 0 Å². The zero-order valence-corrected chi connectivity index (χ0v) is 16.5. The van der Waals surface area contributed by atoms with Crippen LogP contribution in [0, 0.1) is 17.3 Å². The summed E-state index contributed by atoms with van der Waals surface area (Å²) in [5.41, 5.74) is 2.43. The van der Waals surface area contributed by atoms with Crippen molar-refractivity contribution in [1.29, 1.82) is 0 Å². The predicted molar refractivity (Wildman–Crippen MR) is 111 cm³/mol. The molecule has 1 aromatic heterocycles. The van der Waals surface area contributed by atoms with Crippen LogP contribution in [0.3, 0.4) is 0 Å². The molecule has 5 atom stereocenters. The van der Waals surface area contributed by atoms with Gasteiger partial charge in [0.15, 0.2) is 0 Å². The number of amides is 1. The smallest absolute Gasteiger partial charge is 0.232 e. The monoisotopic (exact) mass is 373 g/mol. The molecule has 4 heteroatoms. The number of hydrogen-bond acceptors (Lipinski definition) is 2. The van der Waals surface area contributed by atoms with Crippen LogP contribution in [0.1, 0.15) is 49.7 Å². The molecule has 2 aromatic rings. The number of aromatic nitrogens is 2. The first-order chi connectivity index (χ1) is 13.7. The number of allylic oxidation sites excluding steroid dienone is 4. The van der Waals surface area contributed by atoms with Gasteiger partial charge in [0.05, 0.1) is 11.6 Å². The number of carbonyl (C=O) groups excluding carboxylic acids is 1. The standard InChI is InChI=1S/C24H27N3O/c1-3-24(23(28)26-21-13-14-25-27(21)4-2)15-20-16-9-5-7-11-18(16)22(24)19-12-8-6-10-17(19)20/h5-14,16,18,20,22H,3-4,15H2,1-2H3,(H,26,28)/t16?,18?,20-,22?,24?/m1/s1. The fourth-order valence-corrected chi connectivity index (χ4v) is 6.05. The number of hydrogen-bond donors (Lipinski definition) is 1. The highest BCUT2D eigenvalue weighted by Crippen LogP contribution is 2.65. The quantitative estimate of drug-likeness (QED) is 0.830. The Morgan fingerprint density at radius 3 is 2.64 bits per heavy atom. The van der Waals surface area contributed by atoms with Gasteiger partial charge in [-0.05, 0) is 48.6 Å². The molecule has 1 heterocycles. The van der Waals surface area contributed by atoms with Crippen molar-refractivity contribution in [1.82, 2.24) is 9.78 Å². The molecule has 6 rings (SSSR count). The predicted octanol–water partition coefficient (Wildman–Crippen LogP) is 4.88. The van der Waals surface area contributed by atoms with E-state index in [9.17, 15) is 4.79 Å². The summed E-state index contributed by atoms with van der Waals surface area (Å²) in [7, 11) is 0. The molecular weight excluding hydrogens is 346 g/mol. The van der Waals surface area contributed by atoms with Crippen LogP contribution in [-0.2, 0) is 11.3 Å². The first-order valence-corrected chi connectivity index (χ1v) is 10.5. The van der Waals surface area contributed by atoms with Crippen LogP contribution in [0.2, 0.25) is 0 Å². The van der Waals surface area contributed by atoms with Gasteiger partial charge in [-0.1, -0.05) is 55.5 Å². The molecule has 0 radical (unpaired) electrons. The van der Waals surface area contributed by atoms with Gasteiger partial charge in [0.2, 0.25) is 5.91 Å². The van der Waals surface area contributed by atoms with Crippen LogP contribution in [-0.4, -0.2) is 15.7 Å². The Labute approximate surface area is 166 Å². The van der Waals surface area contributed by atoms with Gasteiger partial charge in [0.1, 0.15) is 5.82 Å². The van der Waals surface area contributed by atoms with Crippen LogP contribution < -0.4 is 5.32 Å². The lowest BCUT2D eigenvalue weighted by atomic mass is 9.45. The SMILES string of the molecule is CCn1nccc1NC(=O)C1(CC)C[C@H]2c3ccccc3C1C1C=CC=CC12. The van der Waals surface area contributed by atoms with Crippen molar-refractivity contribution in [3.63, 3.8) is 0 Å². The van der Waals surface area contributed by atoms with E-state index in [1.165, 1.54) is 11.1 Å². The molecule has 4 aliphatic carbocycles. The molecule has 0 spiro atoms. The molecule has 1 amide bonds. The normalized spacial score (nSPS) is 32.1. The second kappa shape index (κ2) is 6.47. The number of rotatable bonds is 4. The van der Waals surface area contributed by atoms with Crippen LogP contribution in [0.25, 0.3) is 0 Å². The van der Waals surface area contributed by atoms with Crippen LogP contribution in [0.15, 0.2) is 60.8 Å². The molecular formula is C24H27N3O. The first kappa shape index (κ1) is 17.5. The van der Waals surface area contributed by atoms with Gasteiger partial charge in [-0.2, -0.15) is 5.10 Å². The maximum Gasteiger partial charge on any atom is 0.232 e. The Kier molecular flexibility index (Phi) is 4.04. The Hall–Kier alpha value is -2.62.